The maximum Gasteiger partial charge on any atom is 0.164 e. The molecular formula is C12H18O4. The first-order chi connectivity index (χ1) is 7.67. The zero-order valence-corrected chi connectivity index (χ0v) is 10.1. The lowest BCUT2D eigenvalue weighted by molar-refractivity contribution is 0.168. The minimum absolute atomic E-state index is 0.560. The lowest BCUT2D eigenvalue weighted by Crippen LogP contribution is -2.01. The number of benzene rings is 1. The van der Waals surface area contributed by atoms with Crippen molar-refractivity contribution in [3.63, 3.8) is 0 Å². The normalized spacial score (nSPS) is 12.1. The van der Waals surface area contributed by atoms with E-state index < -0.39 is 6.10 Å². The summed E-state index contributed by atoms with van der Waals surface area (Å²) in [6.07, 6.45) is 0.0565. The Bertz CT molecular complexity index is 349. The molecule has 1 aromatic carbocycles. The summed E-state index contributed by atoms with van der Waals surface area (Å²) in [5.74, 6) is 1.78. The molecule has 90 valence electrons. The topological polar surface area (TPSA) is 47.9 Å². The fraction of sp³-hybridized carbons (Fsp3) is 0.500. The zero-order chi connectivity index (χ0) is 12.1. The average Bonchev–Trinajstić information content (AvgIpc) is 2.35. The molecule has 0 amide bonds. The van der Waals surface area contributed by atoms with E-state index in [9.17, 15) is 5.11 Å². The van der Waals surface area contributed by atoms with Crippen molar-refractivity contribution in [2.45, 2.75) is 19.4 Å². The highest BCUT2D eigenvalue weighted by Gasteiger charge is 2.16. The monoisotopic (exact) mass is 226 g/mol. The third kappa shape index (κ3) is 2.39. The van der Waals surface area contributed by atoms with E-state index in [1.54, 1.807) is 33.5 Å². The molecule has 0 unspecified atom stereocenters. The van der Waals surface area contributed by atoms with Gasteiger partial charge in [0.15, 0.2) is 11.5 Å². The second kappa shape index (κ2) is 5.61. The standard InChI is InChI=1S/C12H18O4/c1-5-9(13)8-6-11(15-3)12(16-4)7-10(8)14-2/h6-7,9,13H,5H2,1-4H3/t9-/m0/s1. The van der Waals surface area contributed by atoms with Gasteiger partial charge in [0.2, 0.25) is 0 Å². The van der Waals surface area contributed by atoms with E-state index in [1.807, 2.05) is 6.92 Å². The zero-order valence-electron chi connectivity index (χ0n) is 10.1. The average molecular weight is 226 g/mol. The van der Waals surface area contributed by atoms with Gasteiger partial charge in [-0.15, -0.1) is 0 Å². The van der Waals surface area contributed by atoms with Crippen LogP contribution in [0.2, 0.25) is 0 Å². The van der Waals surface area contributed by atoms with E-state index in [1.165, 1.54) is 0 Å². The Kier molecular flexibility index (Phi) is 4.43. The molecule has 0 heterocycles. The summed E-state index contributed by atoms with van der Waals surface area (Å²) in [5.41, 5.74) is 0.711. The molecule has 0 aliphatic heterocycles. The van der Waals surface area contributed by atoms with Gasteiger partial charge in [-0.25, -0.2) is 0 Å². The van der Waals surface area contributed by atoms with Gasteiger partial charge < -0.3 is 19.3 Å². The maximum absolute atomic E-state index is 9.85. The van der Waals surface area contributed by atoms with Gasteiger partial charge in [0.1, 0.15) is 5.75 Å². The van der Waals surface area contributed by atoms with Crippen molar-refractivity contribution < 1.29 is 19.3 Å². The highest BCUT2D eigenvalue weighted by Crippen LogP contribution is 2.38. The minimum Gasteiger partial charge on any atom is -0.496 e. The lowest BCUT2D eigenvalue weighted by Gasteiger charge is -2.16. The van der Waals surface area contributed by atoms with Crippen molar-refractivity contribution in [3.05, 3.63) is 17.7 Å². The van der Waals surface area contributed by atoms with E-state index in [2.05, 4.69) is 0 Å². The second-order valence-corrected chi connectivity index (χ2v) is 3.37. The Morgan fingerprint density at radius 2 is 1.50 bits per heavy atom. The molecule has 4 heteroatoms. The molecule has 0 aliphatic rings. The predicted octanol–water partition coefficient (Wildman–Crippen LogP) is 2.16. The van der Waals surface area contributed by atoms with Gasteiger partial charge in [-0.3, -0.25) is 0 Å². The van der Waals surface area contributed by atoms with Crippen LogP contribution in [0.5, 0.6) is 17.2 Å². The van der Waals surface area contributed by atoms with Crippen molar-refractivity contribution >= 4 is 0 Å². The largest absolute Gasteiger partial charge is 0.496 e. The van der Waals surface area contributed by atoms with Crippen LogP contribution in [0, 0.1) is 0 Å². The van der Waals surface area contributed by atoms with Gasteiger partial charge in [0.05, 0.1) is 27.4 Å². The number of hydrogen-bond acceptors (Lipinski definition) is 4. The van der Waals surface area contributed by atoms with E-state index in [0.29, 0.717) is 29.2 Å². The van der Waals surface area contributed by atoms with E-state index in [-0.39, 0.29) is 0 Å². The molecule has 0 bridgehead atoms. The van der Waals surface area contributed by atoms with Crippen molar-refractivity contribution in [1.82, 2.24) is 0 Å². The fourth-order valence-electron chi connectivity index (χ4n) is 1.53. The summed E-state index contributed by atoms with van der Waals surface area (Å²) < 4.78 is 15.6. The van der Waals surface area contributed by atoms with Crippen LogP contribution in [0.3, 0.4) is 0 Å². The molecule has 1 N–H and O–H groups in total. The number of ether oxygens (including phenoxy) is 3. The van der Waals surface area contributed by atoms with Crippen LogP contribution >= 0.6 is 0 Å². The predicted molar refractivity (Wildman–Crippen MR) is 61.3 cm³/mol. The first-order valence-electron chi connectivity index (χ1n) is 5.15. The van der Waals surface area contributed by atoms with E-state index in [0.717, 1.165) is 0 Å². The molecule has 0 fully saturated rings. The van der Waals surface area contributed by atoms with Gasteiger partial charge in [0.25, 0.3) is 0 Å². The molecule has 0 spiro atoms. The summed E-state index contributed by atoms with van der Waals surface area (Å²) >= 11 is 0. The third-order valence-electron chi connectivity index (χ3n) is 2.48. The number of hydrogen-bond donors (Lipinski definition) is 1. The summed E-state index contributed by atoms with van der Waals surface area (Å²) in [5, 5.41) is 9.85. The number of methoxy groups -OCH3 is 3. The Balaban J connectivity index is 3.25. The molecule has 0 saturated heterocycles. The van der Waals surface area contributed by atoms with Crippen molar-refractivity contribution in [1.29, 1.82) is 0 Å². The van der Waals surface area contributed by atoms with E-state index >= 15 is 0 Å². The van der Waals surface area contributed by atoms with Crippen molar-refractivity contribution in [3.8, 4) is 17.2 Å². The molecule has 0 radical (unpaired) electrons. The lowest BCUT2D eigenvalue weighted by atomic mass is 10.1. The smallest absolute Gasteiger partial charge is 0.164 e. The fourth-order valence-corrected chi connectivity index (χ4v) is 1.53. The Hall–Kier alpha value is -1.42. The quantitative estimate of drug-likeness (QED) is 0.835. The summed E-state index contributed by atoms with van der Waals surface area (Å²) in [6, 6.07) is 3.46. The van der Waals surface area contributed by atoms with Crippen LogP contribution in [0.1, 0.15) is 25.0 Å². The molecular weight excluding hydrogens is 208 g/mol. The Labute approximate surface area is 95.8 Å². The molecule has 0 aromatic heterocycles. The van der Waals surface area contributed by atoms with Gasteiger partial charge in [0, 0.05) is 11.6 Å². The summed E-state index contributed by atoms with van der Waals surface area (Å²) in [7, 11) is 4.69. The SMILES string of the molecule is CC[C@H](O)c1cc(OC)c(OC)cc1OC. The second-order valence-electron chi connectivity index (χ2n) is 3.37. The van der Waals surface area contributed by atoms with E-state index in [4.69, 9.17) is 14.2 Å². The number of aliphatic hydroxyl groups excluding tert-OH is 1. The Morgan fingerprint density at radius 1 is 1.00 bits per heavy atom. The van der Waals surface area contributed by atoms with Crippen LogP contribution in [0.15, 0.2) is 12.1 Å². The molecule has 1 aromatic rings. The van der Waals surface area contributed by atoms with Gasteiger partial charge in [-0.2, -0.15) is 0 Å². The van der Waals surface area contributed by atoms with Crippen LogP contribution in [0.25, 0.3) is 0 Å². The molecule has 0 saturated carbocycles. The van der Waals surface area contributed by atoms with Crippen LogP contribution in [0.4, 0.5) is 0 Å². The first-order valence-corrected chi connectivity index (χ1v) is 5.15. The molecule has 16 heavy (non-hydrogen) atoms. The van der Waals surface area contributed by atoms with Gasteiger partial charge in [-0.05, 0) is 12.5 Å². The molecule has 4 nitrogen and oxygen atoms in total. The number of aliphatic hydroxyl groups is 1. The van der Waals surface area contributed by atoms with Crippen LogP contribution < -0.4 is 14.2 Å². The van der Waals surface area contributed by atoms with Gasteiger partial charge in [-0.1, -0.05) is 6.92 Å². The highest BCUT2D eigenvalue weighted by atomic mass is 16.5. The van der Waals surface area contributed by atoms with Crippen molar-refractivity contribution in [2.24, 2.45) is 0 Å². The third-order valence-corrected chi connectivity index (χ3v) is 2.48. The van der Waals surface area contributed by atoms with Crippen LogP contribution in [-0.4, -0.2) is 26.4 Å². The Morgan fingerprint density at radius 3 is 1.94 bits per heavy atom. The minimum atomic E-state index is -0.560. The molecule has 0 aliphatic carbocycles. The summed E-state index contributed by atoms with van der Waals surface area (Å²) in [4.78, 5) is 0. The first kappa shape index (κ1) is 12.6. The highest BCUT2D eigenvalue weighted by molar-refractivity contribution is 5.51. The number of rotatable bonds is 5. The van der Waals surface area contributed by atoms with Crippen LogP contribution in [-0.2, 0) is 0 Å². The molecule has 1 rings (SSSR count). The van der Waals surface area contributed by atoms with Crippen molar-refractivity contribution in [2.75, 3.05) is 21.3 Å². The maximum atomic E-state index is 9.85. The van der Waals surface area contributed by atoms with Gasteiger partial charge >= 0.3 is 0 Å². The summed E-state index contributed by atoms with van der Waals surface area (Å²) in [6.45, 7) is 1.90. The molecule has 1 atom stereocenters.